The van der Waals surface area contributed by atoms with E-state index in [1.807, 2.05) is 11.8 Å². The zero-order chi connectivity index (χ0) is 23.0. The predicted octanol–water partition coefficient (Wildman–Crippen LogP) is 3.98. The Hall–Kier alpha value is -2.75. The molecule has 0 N–H and O–H groups in total. The van der Waals surface area contributed by atoms with E-state index in [0.29, 0.717) is 49.0 Å². The van der Waals surface area contributed by atoms with Crippen LogP contribution in [0.2, 0.25) is 0 Å². The van der Waals surface area contributed by atoms with Crippen molar-refractivity contribution in [3.05, 3.63) is 65.5 Å². The summed E-state index contributed by atoms with van der Waals surface area (Å²) in [5.74, 6) is 0.195. The maximum absolute atomic E-state index is 13.6. The molecule has 1 saturated carbocycles. The SMILES string of the molecule is Cc1ccc(S(=O)(=O)N(Cc2c(-c3ccc(F)cc3)noc2N2CCOCC2)C2CC2)cc1. The maximum atomic E-state index is 13.6. The van der Waals surface area contributed by atoms with Crippen molar-refractivity contribution in [2.24, 2.45) is 0 Å². The molecule has 1 saturated heterocycles. The van der Waals surface area contributed by atoms with Crippen molar-refractivity contribution in [3.63, 3.8) is 0 Å². The second kappa shape index (κ2) is 8.89. The van der Waals surface area contributed by atoms with E-state index in [2.05, 4.69) is 5.16 Å². The zero-order valence-electron chi connectivity index (χ0n) is 18.4. The Balaban J connectivity index is 1.56. The number of morpholine rings is 1. The summed E-state index contributed by atoms with van der Waals surface area (Å²) in [5.41, 5.74) is 2.89. The molecule has 1 aromatic heterocycles. The van der Waals surface area contributed by atoms with Crippen molar-refractivity contribution in [3.8, 4) is 11.3 Å². The van der Waals surface area contributed by atoms with Crippen LogP contribution in [0.15, 0.2) is 57.9 Å². The first-order chi connectivity index (χ1) is 15.9. The van der Waals surface area contributed by atoms with Crippen LogP contribution in [0.1, 0.15) is 24.0 Å². The Bertz CT molecular complexity index is 1220. The Morgan fingerprint density at radius 3 is 2.36 bits per heavy atom. The second-order valence-electron chi connectivity index (χ2n) is 8.52. The van der Waals surface area contributed by atoms with Gasteiger partial charge in [0.1, 0.15) is 11.5 Å². The number of aromatic nitrogens is 1. The van der Waals surface area contributed by atoms with Gasteiger partial charge in [-0.15, -0.1) is 0 Å². The quantitative estimate of drug-likeness (QED) is 0.519. The minimum absolute atomic E-state index is 0.0650. The summed E-state index contributed by atoms with van der Waals surface area (Å²) in [4.78, 5) is 2.30. The third-order valence-electron chi connectivity index (χ3n) is 6.08. The van der Waals surface area contributed by atoms with Crippen molar-refractivity contribution < 1.29 is 22.1 Å². The number of rotatable bonds is 7. The average Bonchev–Trinajstić information content (AvgIpc) is 3.57. The lowest BCUT2D eigenvalue weighted by Gasteiger charge is -2.28. The summed E-state index contributed by atoms with van der Waals surface area (Å²) in [5, 5.41) is 4.29. The highest BCUT2D eigenvalue weighted by Crippen LogP contribution is 2.39. The minimum atomic E-state index is -3.72. The normalized spacial score (nSPS) is 17.0. The fourth-order valence-electron chi connectivity index (χ4n) is 4.07. The Labute approximate surface area is 192 Å². The van der Waals surface area contributed by atoms with E-state index < -0.39 is 10.0 Å². The van der Waals surface area contributed by atoms with Crippen molar-refractivity contribution in [1.29, 1.82) is 0 Å². The number of aryl methyl sites for hydroxylation is 1. The van der Waals surface area contributed by atoms with Gasteiger partial charge in [-0.05, 0) is 56.2 Å². The van der Waals surface area contributed by atoms with Gasteiger partial charge in [0.2, 0.25) is 15.9 Å². The fourth-order valence-corrected chi connectivity index (χ4v) is 5.72. The minimum Gasteiger partial charge on any atom is -0.378 e. The molecule has 0 unspecified atom stereocenters. The van der Waals surface area contributed by atoms with Crippen molar-refractivity contribution in [2.75, 3.05) is 31.2 Å². The van der Waals surface area contributed by atoms with Crippen molar-refractivity contribution in [1.82, 2.24) is 9.46 Å². The molecule has 2 aromatic carbocycles. The smallest absolute Gasteiger partial charge is 0.243 e. The predicted molar refractivity (Wildman–Crippen MR) is 122 cm³/mol. The number of sulfonamides is 1. The summed E-state index contributed by atoms with van der Waals surface area (Å²) in [7, 11) is -3.72. The van der Waals surface area contributed by atoms with Crippen molar-refractivity contribution in [2.45, 2.75) is 37.2 Å². The molecule has 9 heteroatoms. The molecule has 3 aromatic rings. The van der Waals surface area contributed by atoms with Crippen LogP contribution in [0.25, 0.3) is 11.3 Å². The van der Waals surface area contributed by atoms with Crippen LogP contribution in [-0.4, -0.2) is 50.2 Å². The van der Waals surface area contributed by atoms with Gasteiger partial charge >= 0.3 is 0 Å². The Kier molecular flexibility index (Phi) is 5.94. The number of hydrogen-bond donors (Lipinski definition) is 0. The largest absolute Gasteiger partial charge is 0.378 e. The Morgan fingerprint density at radius 2 is 1.73 bits per heavy atom. The van der Waals surface area contributed by atoms with Crippen LogP contribution in [0.3, 0.4) is 0 Å². The van der Waals surface area contributed by atoms with Gasteiger partial charge in [-0.2, -0.15) is 4.31 Å². The van der Waals surface area contributed by atoms with Gasteiger partial charge in [-0.3, -0.25) is 0 Å². The van der Waals surface area contributed by atoms with Crippen LogP contribution in [0, 0.1) is 12.7 Å². The van der Waals surface area contributed by atoms with Gasteiger partial charge in [0.15, 0.2) is 0 Å². The fraction of sp³-hybridized carbons (Fsp3) is 0.375. The highest BCUT2D eigenvalue weighted by Gasteiger charge is 2.40. The second-order valence-corrected chi connectivity index (χ2v) is 10.4. The molecule has 0 amide bonds. The van der Waals surface area contributed by atoms with E-state index in [1.165, 1.54) is 12.1 Å². The molecular formula is C24H26FN3O4S. The lowest BCUT2D eigenvalue weighted by molar-refractivity contribution is 0.120. The van der Waals surface area contributed by atoms with E-state index >= 15 is 0 Å². The van der Waals surface area contributed by atoms with E-state index in [9.17, 15) is 12.8 Å². The van der Waals surface area contributed by atoms with E-state index in [4.69, 9.17) is 9.26 Å². The van der Waals surface area contributed by atoms with Gasteiger partial charge in [0.25, 0.3) is 0 Å². The van der Waals surface area contributed by atoms with Crippen LogP contribution in [0.4, 0.5) is 10.3 Å². The monoisotopic (exact) mass is 471 g/mol. The molecule has 1 aliphatic heterocycles. The zero-order valence-corrected chi connectivity index (χ0v) is 19.2. The van der Waals surface area contributed by atoms with Crippen LogP contribution < -0.4 is 4.90 Å². The van der Waals surface area contributed by atoms with Crippen LogP contribution >= 0.6 is 0 Å². The molecule has 2 heterocycles. The summed E-state index contributed by atoms with van der Waals surface area (Å²) in [6.45, 7) is 4.41. The molecule has 5 rings (SSSR count). The van der Waals surface area contributed by atoms with Crippen LogP contribution in [0.5, 0.6) is 0 Å². The lowest BCUT2D eigenvalue weighted by Crippen LogP contribution is -2.37. The third kappa shape index (κ3) is 4.53. The molecule has 7 nitrogen and oxygen atoms in total. The first-order valence-corrected chi connectivity index (χ1v) is 12.5. The summed E-state index contributed by atoms with van der Waals surface area (Å²) < 4.78 is 53.6. The number of halogens is 1. The number of ether oxygens (including phenoxy) is 1. The molecule has 2 fully saturated rings. The summed E-state index contributed by atoms with van der Waals surface area (Å²) in [6.07, 6.45) is 1.63. The summed E-state index contributed by atoms with van der Waals surface area (Å²) in [6, 6.07) is 12.8. The highest BCUT2D eigenvalue weighted by molar-refractivity contribution is 7.89. The van der Waals surface area contributed by atoms with Crippen LogP contribution in [-0.2, 0) is 21.3 Å². The molecule has 0 atom stereocenters. The molecule has 0 radical (unpaired) electrons. The van der Waals surface area contributed by atoms with Gasteiger partial charge in [0, 0.05) is 31.2 Å². The van der Waals surface area contributed by atoms with Crippen molar-refractivity contribution >= 4 is 15.9 Å². The van der Waals surface area contributed by atoms with Gasteiger partial charge in [-0.25, -0.2) is 12.8 Å². The third-order valence-corrected chi connectivity index (χ3v) is 7.99. The first-order valence-electron chi connectivity index (χ1n) is 11.1. The molecular weight excluding hydrogens is 445 g/mol. The first kappa shape index (κ1) is 22.1. The number of benzene rings is 2. The van der Waals surface area contributed by atoms with E-state index in [0.717, 1.165) is 18.4 Å². The van der Waals surface area contributed by atoms with Gasteiger partial charge in [0.05, 0.1) is 23.7 Å². The molecule has 0 spiro atoms. The summed E-state index contributed by atoms with van der Waals surface area (Å²) >= 11 is 0. The van der Waals surface area contributed by atoms with Gasteiger partial charge < -0.3 is 14.2 Å². The Morgan fingerprint density at radius 1 is 1.06 bits per heavy atom. The molecule has 1 aliphatic carbocycles. The van der Waals surface area contributed by atoms with E-state index in [-0.39, 0.29) is 23.3 Å². The highest BCUT2D eigenvalue weighted by atomic mass is 32.2. The number of anilines is 1. The molecule has 0 bridgehead atoms. The van der Waals surface area contributed by atoms with E-state index in [1.54, 1.807) is 40.7 Å². The molecule has 33 heavy (non-hydrogen) atoms. The van der Waals surface area contributed by atoms with Gasteiger partial charge in [-0.1, -0.05) is 22.9 Å². The average molecular weight is 472 g/mol. The number of nitrogens with zero attached hydrogens (tertiary/aromatic N) is 3. The maximum Gasteiger partial charge on any atom is 0.243 e. The molecule has 2 aliphatic rings. The standard InChI is InChI=1S/C24H26FN3O4S/c1-17-2-10-21(11-3-17)33(29,30)28(20-8-9-20)16-22-23(18-4-6-19(25)7-5-18)26-32-24(22)27-12-14-31-15-13-27/h2-7,10-11,20H,8-9,12-16H2,1H3. The number of hydrogen-bond acceptors (Lipinski definition) is 6. The lowest BCUT2D eigenvalue weighted by atomic mass is 10.1. The molecule has 174 valence electrons. The topological polar surface area (TPSA) is 75.9 Å².